The van der Waals surface area contributed by atoms with Gasteiger partial charge in [0.2, 0.25) is 0 Å². The lowest BCUT2D eigenvalue weighted by atomic mass is 10.1. The number of phenols is 1. The molecule has 0 bridgehead atoms. The first-order chi connectivity index (χ1) is 13.6. The second-order valence-electron chi connectivity index (χ2n) is 5.69. The molecule has 0 saturated carbocycles. The fourth-order valence-corrected chi connectivity index (χ4v) is 2.56. The number of aromatic hydroxyl groups is 1. The first kappa shape index (κ1) is 19.0. The summed E-state index contributed by atoms with van der Waals surface area (Å²) in [5, 5.41) is 20.8. The standard InChI is InChI=1S/C20H20N4O4/c1-3-28-17-9-5-4-8-14(17)15-11-16(23-22-15)20(26)24-21-12-13-7-6-10-18(27-2)19(13)25/h4-12,25H,3H2,1-2H3,(H,22,23)(H,24,26)/b21-12+. The van der Waals surface area contributed by atoms with E-state index in [1.165, 1.54) is 13.3 Å². The Morgan fingerprint density at radius 3 is 2.82 bits per heavy atom. The van der Waals surface area contributed by atoms with E-state index in [0.717, 1.165) is 5.56 Å². The van der Waals surface area contributed by atoms with E-state index in [1.54, 1.807) is 24.3 Å². The zero-order valence-electron chi connectivity index (χ0n) is 15.5. The van der Waals surface area contributed by atoms with Gasteiger partial charge in [0.25, 0.3) is 5.91 Å². The number of methoxy groups -OCH3 is 1. The van der Waals surface area contributed by atoms with Crippen molar-refractivity contribution >= 4 is 12.1 Å². The predicted octanol–water partition coefficient (Wildman–Crippen LogP) is 2.95. The minimum Gasteiger partial charge on any atom is -0.504 e. The van der Waals surface area contributed by atoms with Gasteiger partial charge in [-0.3, -0.25) is 9.89 Å². The van der Waals surface area contributed by atoms with Crippen LogP contribution in [-0.2, 0) is 0 Å². The zero-order chi connectivity index (χ0) is 19.9. The molecule has 0 aliphatic heterocycles. The first-order valence-electron chi connectivity index (χ1n) is 8.61. The smallest absolute Gasteiger partial charge is 0.289 e. The van der Waals surface area contributed by atoms with Crippen LogP contribution in [0.2, 0.25) is 0 Å². The normalized spacial score (nSPS) is 10.8. The molecule has 144 valence electrons. The van der Waals surface area contributed by atoms with E-state index < -0.39 is 5.91 Å². The van der Waals surface area contributed by atoms with Crippen LogP contribution in [0.5, 0.6) is 17.2 Å². The maximum absolute atomic E-state index is 12.3. The molecule has 1 heterocycles. The van der Waals surface area contributed by atoms with Gasteiger partial charge in [-0.25, -0.2) is 5.43 Å². The summed E-state index contributed by atoms with van der Waals surface area (Å²) in [6.45, 7) is 2.43. The number of phenolic OH excluding ortho intramolecular Hbond substituents is 1. The molecule has 3 N–H and O–H groups in total. The fraction of sp³-hybridized carbons (Fsp3) is 0.150. The molecule has 0 atom stereocenters. The lowest BCUT2D eigenvalue weighted by Gasteiger charge is -2.07. The number of hydrazone groups is 1. The minimum atomic E-state index is -0.466. The Balaban J connectivity index is 1.72. The van der Waals surface area contributed by atoms with E-state index in [9.17, 15) is 9.90 Å². The Bertz CT molecular complexity index is 997. The number of aromatic amines is 1. The van der Waals surface area contributed by atoms with Crippen molar-refractivity contribution < 1.29 is 19.4 Å². The number of nitrogens with one attached hydrogen (secondary N) is 2. The average Bonchev–Trinajstić information content (AvgIpc) is 3.20. The van der Waals surface area contributed by atoms with E-state index in [0.29, 0.717) is 29.4 Å². The third kappa shape index (κ3) is 4.12. The number of hydrogen-bond acceptors (Lipinski definition) is 6. The topological polar surface area (TPSA) is 109 Å². The molecule has 3 aromatic rings. The highest BCUT2D eigenvalue weighted by Gasteiger charge is 2.13. The van der Waals surface area contributed by atoms with Crippen molar-refractivity contribution in [2.75, 3.05) is 13.7 Å². The molecule has 0 aliphatic rings. The Labute approximate surface area is 161 Å². The minimum absolute atomic E-state index is 0.0562. The zero-order valence-corrected chi connectivity index (χ0v) is 15.5. The second kappa shape index (κ2) is 8.72. The van der Waals surface area contributed by atoms with Crippen molar-refractivity contribution in [3.8, 4) is 28.5 Å². The number of hydrogen-bond donors (Lipinski definition) is 3. The summed E-state index contributed by atoms with van der Waals surface area (Å²) in [6, 6.07) is 14.0. The lowest BCUT2D eigenvalue weighted by Crippen LogP contribution is -2.18. The summed E-state index contributed by atoms with van der Waals surface area (Å²) in [4.78, 5) is 12.3. The summed E-state index contributed by atoms with van der Waals surface area (Å²) in [5.74, 6) is 0.488. The third-order valence-electron chi connectivity index (χ3n) is 3.91. The molecule has 8 heteroatoms. The van der Waals surface area contributed by atoms with Crippen LogP contribution in [0.4, 0.5) is 0 Å². The van der Waals surface area contributed by atoms with Crippen molar-refractivity contribution in [3.05, 3.63) is 59.8 Å². The molecule has 28 heavy (non-hydrogen) atoms. The van der Waals surface area contributed by atoms with Crippen LogP contribution in [0.15, 0.2) is 53.6 Å². The number of rotatable bonds is 7. The number of aromatic nitrogens is 2. The molecule has 0 saturated heterocycles. The van der Waals surface area contributed by atoms with Gasteiger partial charge in [0.05, 0.1) is 25.6 Å². The van der Waals surface area contributed by atoms with Gasteiger partial charge in [0.15, 0.2) is 11.5 Å². The second-order valence-corrected chi connectivity index (χ2v) is 5.69. The number of ether oxygens (including phenoxy) is 2. The van der Waals surface area contributed by atoms with Gasteiger partial charge in [0, 0.05) is 11.1 Å². The van der Waals surface area contributed by atoms with Gasteiger partial charge < -0.3 is 14.6 Å². The van der Waals surface area contributed by atoms with Crippen LogP contribution in [0.3, 0.4) is 0 Å². The summed E-state index contributed by atoms with van der Waals surface area (Å²) in [5.41, 5.74) is 4.42. The summed E-state index contributed by atoms with van der Waals surface area (Å²) < 4.78 is 10.6. The van der Waals surface area contributed by atoms with E-state index in [4.69, 9.17) is 9.47 Å². The van der Waals surface area contributed by atoms with Gasteiger partial charge in [-0.15, -0.1) is 0 Å². The molecular weight excluding hydrogens is 360 g/mol. The van der Waals surface area contributed by atoms with Crippen molar-refractivity contribution in [2.45, 2.75) is 6.92 Å². The Morgan fingerprint density at radius 2 is 2.04 bits per heavy atom. The number of amides is 1. The number of benzene rings is 2. The largest absolute Gasteiger partial charge is 0.504 e. The monoisotopic (exact) mass is 380 g/mol. The van der Waals surface area contributed by atoms with E-state index >= 15 is 0 Å². The van der Waals surface area contributed by atoms with Gasteiger partial charge in [0.1, 0.15) is 11.4 Å². The molecular formula is C20H20N4O4. The average molecular weight is 380 g/mol. The third-order valence-corrected chi connectivity index (χ3v) is 3.91. The number of nitrogens with zero attached hydrogens (tertiary/aromatic N) is 2. The summed E-state index contributed by atoms with van der Waals surface area (Å²) >= 11 is 0. The number of carbonyl (C=O) groups excluding carboxylic acids is 1. The van der Waals surface area contributed by atoms with Crippen LogP contribution in [-0.4, -0.2) is 41.1 Å². The molecule has 3 rings (SSSR count). The molecule has 0 spiro atoms. The van der Waals surface area contributed by atoms with Crippen molar-refractivity contribution in [3.63, 3.8) is 0 Å². The maximum Gasteiger partial charge on any atom is 0.289 e. The molecule has 0 aliphatic carbocycles. The van der Waals surface area contributed by atoms with E-state index in [-0.39, 0.29) is 11.4 Å². The predicted molar refractivity (Wildman–Crippen MR) is 105 cm³/mol. The SMILES string of the molecule is CCOc1ccccc1-c1cc(C(=O)N/N=C/c2cccc(OC)c2O)[nH]n1. The molecule has 1 aromatic heterocycles. The quantitative estimate of drug-likeness (QED) is 0.431. The van der Waals surface area contributed by atoms with Crippen LogP contribution in [0.25, 0.3) is 11.3 Å². The Hall–Kier alpha value is -3.81. The maximum atomic E-state index is 12.3. The number of H-pyrrole nitrogens is 1. The first-order valence-corrected chi connectivity index (χ1v) is 8.61. The molecule has 0 fully saturated rings. The number of carbonyl (C=O) groups is 1. The van der Waals surface area contributed by atoms with Crippen molar-refractivity contribution in [2.24, 2.45) is 5.10 Å². The fourth-order valence-electron chi connectivity index (χ4n) is 2.56. The van der Waals surface area contributed by atoms with Crippen molar-refractivity contribution in [1.29, 1.82) is 0 Å². The van der Waals surface area contributed by atoms with Gasteiger partial charge >= 0.3 is 0 Å². The van der Waals surface area contributed by atoms with Gasteiger partial charge in [-0.2, -0.15) is 10.2 Å². The van der Waals surface area contributed by atoms with E-state index in [2.05, 4.69) is 20.7 Å². The van der Waals surface area contributed by atoms with Crippen molar-refractivity contribution in [1.82, 2.24) is 15.6 Å². The lowest BCUT2D eigenvalue weighted by molar-refractivity contribution is 0.0950. The van der Waals surface area contributed by atoms with Crippen LogP contribution < -0.4 is 14.9 Å². The highest BCUT2D eigenvalue weighted by atomic mass is 16.5. The highest BCUT2D eigenvalue weighted by Crippen LogP contribution is 2.29. The highest BCUT2D eigenvalue weighted by molar-refractivity contribution is 5.94. The molecule has 0 radical (unpaired) electrons. The van der Waals surface area contributed by atoms with Gasteiger partial charge in [-0.05, 0) is 37.3 Å². The summed E-state index contributed by atoms with van der Waals surface area (Å²) in [7, 11) is 1.46. The van der Waals surface area contributed by atoms with Crippen LogP contribution in [0.1, 0.15) is 23.0 Å². The molecule has 8 nitrogen and oxygen atoms in total. The van der Waals surface area contributed by atoms with Gasteiger partial charge in [-0.1, -0.05) is 18.2 Å². The molecule has 0 unspecified atom stereocenters. The summed E-state index contributed by atoms with van der Waals surface area (Å²) in [6.07, 6.45) is 1.33. The Kier molecular flexibility index (Phi) is 5.91. The van der Waals surface area contributed by atoms with Crippen LogP contribution >= 0.6 is 0 Å². The molecule has 1 amide bonds. The molecule has 2 aromatic carbocycles. The number of para-hydroxylation sites is 2. The van der Waals surface area contributed by atoms with Crippen LogP contribution in [0, 0.1) is 0 Å². The van der Waals surface area contributed by atoms with E-state index in [1.807, 2.05) is 31.2 Å². The Morgan fingerprint density at radius 1 is 1.25 bits per heavy atom.